The van der Waals surface area contributed by atoms with Crippen LogP contribution in [0.4, 0.5) is 0 Å². The molecule has 0 atom stereocenters. The topological polar surface area (TPSA) is 13.1 Å². The average molecular weight is 487 g/mol. The van der Waals surface area contributed by atoms with Gasteiger partial charge in [-0.3, -0.25) is 0 Å². The highest BCUT2D eigenvalue weighted by molar-refractivity contribution is 6.21. The fraction of sp³-hybridized carbons (Fsp3) is 0.0270. The van der Waals surface area contributed by atoms with E-state index in [1.165, 1.54) is 43.1 Å². The van der Waals surface area contributed by atoms with E-state index in [0.717, 1.165) is 33.1 Å². The van der Waals surface area contributed by atoms with E-state index in [1.807, 2.05) is 12.1 Å². The number of hydrogen-bond acceptors (Lipinski definition) is 1. The van der Waals surface area contributed by atoms with Crippen LogP contribution in [-0.2, 0) is 0 Å². The molecule has 38 heavy (non-hydrogen) atoms. The summed E-state index contributed by atoms with van der Waals surface area (Å²) in [7, 11) is 0. The molecule has 7 rings (SSSR count). The zero-order valence-corrected chi connectivity index (χ0v) is 21.2. The van der Waals surface area contributed by atoms with Crippen LogP contribution in [0.5, 0.6) is 0 Å². The summed E-state index contributed by atoms with van der Waals surface area (Å²) in [6, 6.07) is 40.7. The van der Waals surface area contributed by atoms with E-state index >= 15 is 0 Å². The van der Waals surface area contributed by atoms with Gasteiger partial charge in [0.25, 0.3) is 0 Å². The molecule has 0 saturated carbocycles. The first kappa shape index (κ1) is 22.3. The van der Waals surface area contributed by atoms with Crippen LogP contribution in [0.15, 0.2) is 126 Å². The Balaban J connectivity index is 1.54. The van der Waals surface area contributed by atoms with Crippen molar-refractivity contribution in [3.8, 4) is 11.1 Å². The minimum Gasteiger partial charge on any atom is -0.456 e. The van der Waals surface area contributed by atoms with Crippen LogP contribution >= 0.6 is 0 Å². The molecule has 0 N–H and O–H groups in total. The van der Waals surface area contributed by atoms with Crippen LogP contribution in [0.1, 0.15) is 12.5 Å². The second-order valence-corrected chi connectivity index (χ2v) is 9.74. The van der Waals surface area contributed by atoms with Crippen LogP contribution in [0.25, 0.3) is 72.3 Å². The molecule has 6 aromatic carbocycles. The second-order valence-electron chi connectivity index (χ2n) is 9.74. The van der Waals surface area contributed by atoms with E-state index in [-0.39, 0.29) is 0 Å². The van der Waals surface area contributed by atoms with Crippen molar-refractivity contribution in [2.75, 3.05) is 0 Å². The molecule has 0 saturated heterocycles. The van der Waals surface area contributed by atoms with Gasteiger partial charge in [-0.1, -0.05) is 110 Å². The Morgan fingerprint density at radius 3 is 1.82 bits per heavy atom. The molecule has 0 bridgehead atoms. The number of allylic oxidation sites excluding steroid dienone is 1. The lowest BCUT2D eigenvalue weighted by molar-refractivity contribution is 0.669. The molecule has 0 spiro atoms. The van der Waals surface area contributed by atoms with Gasteiger partial charge in [0.05, 0.1) is 0 Å². The van der Waals surface area contributed by atoms with Crippen molar-refractivity contribution < 1.29 is 4.42 Å². The summed E-state index contributed by atoms with van der Waals surface area (Å²) in [5.74, 6) is 0. The Bertz CT molecular complexity index is 2100. The van der Waals surface area contributed by atoms with Crippen molar-refractivity contribution in [3.63, 3.8) is 0 Å². The molecular formula is C37H26O. The van der Waals surface area contributed by atoms with Crippen molar-refractivity contribution in [3.05, 3.63) is 138 Å². The summed E-state index contributed by atoms with van der Waals surface area (Å²) in [5, 5.41) is 9.49. The van der Waals surface area contributed by atoms with Gasteiger partial charge in [-0.25, -0.2) is 0 Å². The normalized spacial score (nSPS) is 12.8. The van der Waals surface area contributed by atoms with Gasteiger partial charge in [0.2, 0.25) is 0 Å². The monoisotopic (exact) mass is 486 g/mol. The Labute approximate surface area is 221 Å². The molecular weight excluding hydrogens is 460 g/mol. The molecule has 0 aliphatic carbocycles. The van der Waals surface area contributed by atoms with Crippen LogP contribution in [0, 0.1) is 0 Å². The predicted molar refractivity (Wildman–Crippen MR) is 163 cm³/mol. The van der Waals surface area contributed by atoms with Gasteiger partial charge >= 0.3 is 0 Å². The van der Waals surface area contributed by atoms with E-state index in [2.05, 4.69) is 129 Å². The number of para-hydroxylation sites is 1. The molecule has 7 aromatic rings. The van der Waals surface area contributed by atoms with E-state index < -0.39 is 0 Å². The number of benzene rings is 6. The molecule has 180 valence electrons. The van der Waals surface area contributed by atoms with Crippen LogP contribution < -0.4 is 10.4 Å². The zero-order valence-electron chi connectivity index (χ0n) is 21.2. The van der Waals surface area contributed by atoms with Crippen LogP contribution in [0.2, 0.25) is 0 Å². The van der Waals surface area contributed by atoms with Gasteiger partial charge in [-0.2, -0.15) is 0 Å². The number of rotatable bonds is 3. The van der Waals surface area contributed by atoms with Crippen LogP contribution in [0.3, 0.4) is 0 Å². The van der Waals surface area contributed by atoms with Crippen molar-refractivity contribution >= 4 is 61.2 Å². The van der Waals surface area contributed by atoms with E-state index in [9.17, 15) is 0 Å². The third kappa shape index (κ3) is 3.48. The molecule has 0 radical (unpaired) electrons. The summed E-state index contributed by atoms with van der Waals surface area (Å²) in [6.45, 7) is 6.66. The maximum Gasteiger partial charge on any atom is 0.136 e. The molecule has 0 unspecified atom stereocenters. The maximum absolute atomic E-state index is 6.27. The second kappa shape index (κ2) is 8.90. The molecule has 0 aliphatic rings. The number of fused-ring (bicyclic) bond motifs is 5. The highest BCUT2D eigenvalue weighted by Crippen LogP contribution is 2.43. The summed E-state index contributed by atoms with van der Waals surface area (Å²) < 4.78 is 6.27. The third-order valence-corrected chi connectivity index (χ3v) is 7.56. The van der Waals surface area contributed by atoms with Crippen molar-refractivity contribution in [1.29, 1.82) is 0 Å². The fourth-order valence-electron chi connectivity index (χ4n) is 5.83. The first-order valence-corrected chi connectivity index (χ1v) is 13.0. The Morgan fingerprint density at radius 1 is 0.579 bits per heavy atom. The quantitative estimate of drug-likeness (QED) is 0.227. The van der Waals surface area contributed by atoms with Gasteiger partial charge in [-0.15, -0.1) is 0 Å². The smallest absolute Gasteiger partial charge is 0.136 e. The summed E-state index contributed by atoms with van der Waals surface area (Å²) in [4.78, 5) is 0. The van der Waals surface area contributed by atoms with Crippen molar-refractivity contribution in [2.45, 2.75) is 6.92 Å². The summed E-state index contributed by atoms with van der Waals surface area (Å²) in [6.07, 6.45) is 4.36. The molecule has 1 aromatic heterocycles. The molecule has 0 amide bonds. The molecule has 1 heterocycles. The zero-order chi connectivity index (χ0) is 25.6. The van der Waals surface area contributed by atoms with Gasteiger partial charge in [0.1, 0.15) is 11.2 Å². The Morgan fingerprint density at radius 2 is 1.13 bits per heavy atom. The fourth-order valence-corrected chi connectivity index (χ4v) is 5.83. The largest absolute Gasteiger partial charge is 0.456 e. The SMILES string of the molecule is C=C(/C=c1/cccc/c1=C/C)c1c2ccccc2c(-c2ccc3c(c2)oc2ccccc23)c2ccccc12. The van der Waals surface area contributed by atoms with Crippen molar-refractivity contribution in [2.24, 2.45) is 0 Å². The maximum atomic E-state index is 6.27. The number of furan rings is 1. The predicted octanol–water partition coefficient (Wildman–Crippen LogP) is 8.85. The van der Waals surface area contributed by atoms with Crippen LogP contribution in [-0.4, -0.2) is 0 Å². The first-order chi connectivity index (χ1) is 18.7. The highest BCUT2D eigenvalue weighted by atomic mass is 16.3. The van der Waals surface area contributed by atoms with Gasteiger partial charge < -0.3 is 4.42 Å². The van der Waals surface area contributed by atoms with E-state index in [0.29, 0.717) is 0 Å². The van der Waals surface area contributed by atoms with Crippen molar-refractivity contribution in [1.82, 2.24) is 0 Å². The highest BCUT2D eigenvalue weighted by Gasteiger charge is 2.17. The molecule has 0 aliphatic heterocycles. The van der Waals surface area contributed by atoms with E-state index in [1.54, 1.807) is 0 Å². The van der Waals surface area contributed by atoms with E-state index in [4.69, 9.17) is 4.42 Å². The minimum absolute atomic E-state index is 0.908. The van der Waals surface area contributed by atoms with Gasteiger partial charge in [0, 0.05) is 10.8 Å². The average Bonchev–Trinajstić information content (AvgIpc) is 3.34. The number of hydrogen-bond donors (Lipinski definition) is 0. The molecule has 0 fully saturated rings. The lowest BCUT2D eigenvalue weighted by Gasteiger charge is -2.17. The summed E-state index contributed by atoms with van der Waals surface area (Å²) in [5.41, 5.74) is 6.38. The first-order valence-electron chi connectivity index (χ1n) is 13.0. The lowest BCUT2D eigenvalue weighted by atomic mass is 9.86. The lowest BCUT2D eigenvalue weighted by Crippen LogP contribution is -2.23. The Kier molecular flexibility index (Phi) is 5.23. The Hall–Kier alpha value is -4.88. The molecule has 1 heteroatoms. The standard InChI is InChI=1S/C37H26O/c1-3-25-12-4-5-13-26(25)22-24(2)36-30-15-6-8-17-32(30)37(33-18-9-7-16-31(33)36)27-20-21-29-28-14-10-11-19-34(28)38-35(29)23-27/h3-23H,2H2,1H3/b25-3-,26-22-. The third-order valence-electron chi connectivity index (χ3n) is 7.56. The van der Waals surface area contributed by atoms with Gasteiger partial charge in [-0.05, 0) is 85.4 Å². The minimum atomic E-state index is 0.908. The van der Waals surface area contributed by atoms with Gasteiger partial charge in [0.15, 0.2) is 0 Å². The molecule has 1 nitrogen and oxygen atoms in total. The summed E-state index contributed by atoms with van der Waals surface area (Å²) >= 11 is 0.